The van der Waals surface area contributed by atoms with Crippen LogP contribution in [0.5, 0.6) is 0 Å². The van der Waals surface area contributed by atoms with Gasteiger partial charge in [-0.05, 0) is 36.4 Å². The van der Waals surface area contributed by atoms with Gasteiger partial charge < -0.3 is 30.0 Å². The first-order valence-corrected chi connectivity index (χ1v) is 11.7. The van der Waals surface area contributed by atoms with E-state index in [0.29, 0.717) is 54.0 Å². The van der Waals surface area contributed by atoms with Crippen LogP contribution in [0.25, 0.3) is 33.1 Å². The zero-order valence-electron chi connectivity index (χ0n) is 19.3. The maximum Gasteiger partial charge on any atom is 0.257 e. The quantitative estimate of drug-likeness (QED) is 0.328. The van der Waals surface area contributed by atoms with Crippen molar-refractivity contribution in [2.24, 2.45) is 0 Å². The maximum absolute atomic E-state index is 14.2. The number of carbonyl (C=O) groups is 2. The number of H-pyrrole nitrogens is 2. The highest BCUT2D eigenvalue weighted by Gasteiger charge is 2.20. The molecule has 0 aliphatic carbocycles. The molecular formula is C26H25FN4O5. The van der Waals surface area contributed by atoms with Gasteiger partial charge in [0.2, 0.25) is 5.91 Å². The number of morpholine rings is 1. The van der Waals surface area contributed by atoms with Crippen molar-refractivity contribution in [3.63, 3.8) is 0 Å². The summed E-state index contributed by atoms with van der Waals surface area (Å²) in [5.74, 6) is -1.02. The van der Waals surface area contributed by atoms with Gasteiger partial charge in [0, 0.05) is 41.5 Å². The molecule has 1 unspecified atom stereocenters. The number of fused-ring (bicyclic) bond motifs is 2. The van der Waals surface area contributed by atoms with E-state index < -0.39 is 17.8 Å². The molecule has 1 aliphatic heterocycles. The number of amides is 2. The molecule has 0 spiro atoms. The Morgan fingerprint density at radius 2 is 1.89 bits per heavy atom. The van der Waals surface area contributed by atoms with Crippen LogP contribution in [0, 0.1) is 5.82 Å². The molecular weight excluding hydrogens is 467 g/mol. The zero-order valence-corrected chi connectivity index (χ0v) is 19.3. The van der Waals surface area contributed by atoms with Crippen LogP contribution < -0.4 is 10.9 Å². The molecule has 4 N–H and O–H groups in total. The summed E-state index contributed by atoms with van der Waals surface area (Å²) in [5, 5.41) is 13.9. The molecule has 1 atom stereocenters. The van der Waals surface area contributed by atoms with Gasteiger partial charge in [-0.3, -0.25) is 14.4 Å². The van der Waals surface area contributed by atoms with E-state index in [-0.39, 0.29) is 30.0 Å². The van der Waals surface area contributed by atoms with E-state index in [1.165, 1.54) is 18.2 Å². The number of aliphatic hydroxyl groups excluding tert-OH is 1. The van der Waals surface area contributed by atoms with Crippen LogP contribution >= 0.6 is 0 Å². The molecule has 36 heavy (non-hydrogen) atoms. The van der Waals surface area contributed by atoms with Gasteiger partial charge in [0.25, 0.3) is 11.5 Å². The van der Waals surface area contributed by atoms with Crippen LogP contribution in [0.15, 0.2) is 53.3 Å². The second-order valence-electron chi connectivity index (χ2n) is 8.76. The Morgan fingerprint density at radius 3 is 2.69 bits per heavy atom. The van der Waals surface area contributed by atoms with Gasteiger partial charge in [-0.2, -0.15) is 0 Å². The summed E-state index contributed by atoms with van der Waals surface area (Å²) in [4.78, 5) is 45.0. The lowest BCUT2D eigenvalue weighted by Gasteiger charge is -2.27. The Morgan fingerprint density at radius 1 is 1.08 bits per heavy atom. The fourth-order valence-electron chi connectivity index (χ4n) is 4.33. The highest BCUT2D eigenvalue weighted by Crippen LogP contribution is 2.25. The summed E-state index contributed by atoms with van der Waals surface area (Å²) < 4.78 is 19.5. The number of aromatic amines is 2. The molecule has 0 bridgehead atoms. The minimum absolute atomic E-state index is 0.0685. The van der Waals surface area contributed by atoms with Crippen LogP contribution in [0.1, 0.15) is 16.8 Å². The van der Waals surface area contributed by atoms with Gasteiger partial charge >= 0.3 is 0 Å². The number of nitrogens with one attached hydrogen (secondary N) is 3. The molecule has 4 aromatic rings. The highest BCUT2D eigenvalue weighted by atomic mass is 19.1. The number of pyridine rings is 1. The molecule has 5 rings (SSSR count). The van der Waals surface area contributed by atoms with Gasteiger partial charge in [0.15, 0.2) is 0 Å². The van der Waals surface area contributed by atoms with Crippen LogP contribution in [0.4, 0.5) is 4.39 Å². The highest BCUT2D eigenvalue weighted by molar-refractivity contribution is 5.99. The van der Waals surface area contributed by atoms with E-state index >= 15 is 0 Å². The van der Waals surface area contributed by atoms with E-state index in [4.69, 9.17) is 4.74 Å². The van der Waals surface area contributed by atoms with Crippen LogP contribution in [-0.4, -0.2) is 70.7 Å². The average Bonchev–Trinajstić information content (AvgIpc) is 3.30. The fraction of sp³-hybridized carbons (Fsp3) is 0.269. The van der Waals surface area contributed by atoms with Crippen molar-refractivity contribution in [1.29, 1.82) is 0 Å². The van der Waals surface area contributed by atoms with E-state index in [2.05, 4.69) is 15.3 Å². The average molecular weight is 493 g/mol. The lowest BCUT2D eigenvalue weighted by atomic mass is 10.1. The molecule has 1 aliphatic rings. The van der Waals surface area contributed by atoms with E-state index in [1.54, 1.807) is 35.2 Å². The Bertz CT molecular complexity index is 1510. The minimum Gasteiger partial charge on any atom is -0.391 e. The van der Waals surface area contributed by atoms with Crippen LogP contribution in [0.3, 0.4) is 0 Å². The van der Waals surface area contributed by atoms with Gasteiger partial charge in [-0.1, -0.05) is 12.1 Å². The minimum atomic E-state index is -1.01. The molecule has 2 aromatic heterocycles. The normalized spacial score (nSPS) is 14.8. The summed E-state index contributed by atoms with van der Waals surface area (Å²) in [5.41, 5.74) is 1.79. The smallest absolute Gasteiger partial charge is 0.257 e. The molecule has 2 aromatic carbocycles. The van der Waals surface area contributed by atoms with Crippen LogP contribution in [-0.2, 0) is 9.53 Å². The van der Waals surface area contributed by atoms with E-state index in [1.807, 2.05) is 0 Å². The van der Waals surface area contributed by atoms with E-state index in [0.717, 1.165) is 5.39 Å². The zero-order chi connectivity index (χ0) is 25.2. The number of hydrogen-bond donors (Lipinski definition) is 4. The third-order valence-electron chi connectivity index (χ3n) is 6.28. The van der Waals surface area contributed by atoms with E-state index in [9.17, 15) is 23.9 Å². The van der Waals surface area contributed by atoms with Crippen molar-refractivity contribution in [2.45, 2.75) is 12.5 Å². The predicted octanol–water partition coefficient (Wildman–Crippen LogP) is 2.16. The standard InChI is InChI=1S/C26H25FN4O5/c27-20-2-1-3-21-18(20)13-19(26(35)30-21)23-10-15-4-5-16(11-22(15)29-23)25(34)28-14-17(32)12-24(33)31-6-8-36-9-7-31/h1-5,10-11,13,17,29,32H,6-9,12,14H2,(H,28,34)(H,30,35). The summed E-state index contributed by atoms with van der Waals surface area (Å²) in [7, 11) is 0. The monoisotopic (exact) mass is 492 g/mol. The number of aromatic nitrogens is 2. The number of aliphatic hydroxyl groups is 1. The molecule has 10 heteroatoms. The second-order valence-corrected chi connectivity index (χ2v) is 8.76. The molecule has 1 fully saturated rings. The summed E-state index contributed by atoms with van der Waals surface area (Å²) in [6, 6.07) is 12.8. The summed E-state index contributed by atoms with van der Waals surface area (Å²) >= 11 is 0. The number of benzene rings is 2. The number of ether oxygens (including phenoxy) is 1. The topological polar surface area (TPSA) is 128 Å². The molecule has 186 valence electrons. The number of nitrogens with zero attached hydrogens (tertiary/aromatic N) is 1. The SMILES string of the molecule is O=C(NCC(O)CC(=O)N1CCOCC1)c1ccc2cc(-c3cc4c(F)cccc4[nH]c3=O)[nH]c2c1. The Hall–Kier alpha value is -4.02. The lowest BCUT2D eigenvalue weighted by molar-refractivity contribution is -0.137. The summed E-state index contributed by atoms with van der Waals surface area (Å²) in [6.45, 7) is 1.88. The first-order valence-electron chi connectivity index (χ1n) is 11.7. The van der Waals surface area contributed by atoms with Crippen molar-refractivity contribution < 1.29 is 23.8 Å². The van der Waals surface area contributed by atoms with Gasteiger partial charge in [-0.15, -0.1) is 0 Å². The summed E-state index contributed by atoms with van der Waals surface area (Å²) in [6.07, 6.45) is -1.09. The van der Waals surface area contributed by atoms with Crippen molar-refractivity contribution in [2.75, 3.05) is 32.8 Å². The lowest BCUT2D eigenvalue weighted by Crippen LogP contribution is -2.43. The van der Waals surface area contributed by atoms with Crippen molar-refractivity contribution >= 4 is 33.6 Å². The molecule has 2 amide bonds. The third kappa shape index (κ3) is 4.86. The van der Waals surface area contributed by atoms with Crippen molar-refractivity contribution in [1.82, 2.24) is 20.2 Å². The molecule has 1 saturated heterocycles. The number of carbonyl (C=O) groups excluding carboxylic acids is 2. The van der Waals surface area contributed by atoms with Gasteiger partial charge in [0.05, 0.1) is 42.5 Å². The first-order chi connectivity index (χ1) is 17.4. The van der Waals surface area contributed by atoms with Crippen LogP contribution in [0.2, 0.25) is 0 Å². The van der Waals surface area contributed by atoms with Gasteiger partial charge in [0.1, 0.15) is 5.82 Å². The third-order valence-corrected chi connectivity index (χ3v) is 6.28. The second kappa shape index (κ2) is 9.92. The number of halogens is 1. The van der Waals surface area contributed by atoms with Crippen molar-refractivity contribution in [3.05, 3.63) is 70.3 Å². The molecule has 9 nitrogen and oxygen atoms in total. The molecule has 0 saturated carbocycles. The number of rotatable bonds is 6. The van der Waals surface area contributed by atoms with Gasteiger partial charge in [-0.25, -0.2) is 4.39 Å². The molecule has 0 radical (unpaired) electrons. The fourth-order valence-corrected chi connectivity index (χ4v) is 4.33. The number of hydrogen-bond acceptors (Lipinski definition) is 5. The maximum atomic E-state index is 14.2. The van der Waals surface area contributed by atoms with Crippen molar-refractivity contribution in [3.8, 4) is 11.3 Å². The largest absolute Gasteiger partial charge is 0.391 e. The first kappa shape index (κ1) is 23.7. The Kier molecular flexibility index (Phi) is 6.53. The predicted molar refractivity (Wildman–Crippen MR) is 132 cm³/mol. The Balaban J connectivity index is 1.28. The molecule has 3 heterocycles. The Labute approximate surface area is 204 Å².